The molecular weight excluding hydrogens is 397 g/mol. The number of halogens is 4. The van der Waals surface area contributed by atoms with E-state index < -0.39 is 17.5 Å². The number of benzene rings is 1. The van der Waals surface area contributed by atoms with Crippen molar-refractivity contribution in [3.63, 3.8) is 0 Å². The minimum atomic E-state index is -4.26. The van der Waals surface area contributed by atoms with E-state index in [4.69, 9.17) is 5.73 Å². The van der Waals surface area contributed by atoms with Crippen molar-refractivity contribution in [1.29, 1.82) is 0 Å². The molecule has 0 bridgehead atoms. The Kier molecular flexibility index (Phi) is 6.54. The van der Waals surface area contributed by atoms with Crippen molar-refractivity contribution in [3.8, 4) is 0 Å². The van der Waals surface area contributed by atoms with Gasteiger partial charge in [-0.2, -0.15) is 13.2 Å². The number of carbonyl (C=O) groups is 1. The summed E-state index contributed by atoms with van der Waals surface area (Å²) in [7, 11) is 0. The molecule has 0 spiro atoms. The maximum atomic E-state index is 13.0. The quantitative estimate of drug-likeness (QED) is 0.638. The van der Waals surface area contributed by atoms with E-state index in [1.807, 2.05) is 24.3 Å². The Labute approximate surface area is 154 Å². The molecule has 7 heteroatoms. The van der Waals surface area contributed by atoms with Crippen molar-refractivity contribution in [1.82, 2.24) is 0 Å². The van der Waals surface area contributed by atoms with Crippen LogP contribution in [0.4, 0.5) is 18.9 Å². The topological polar surface area (TPSA) is 46.3 Å². The first kappa shape index (κ1) is 20.2. The lowest BCUT2D eigenvalue weighted by Gasteiger charge is -2.46. The Morgan fingerprint density at radius 2 is 2.00 bits per heavy atom. The van der Waals surface area contributed by atoms with Gasteiger partial charge in [0.05, 0.1) is 5.41 Å². The van der Waals surface area contributed by atoms with Gasteiger partial charge in [-0.3, -0.25) is 4.79 Å². The van der Waals surface area contributed by atoms with Gasteiger partial charge in [0.1, 0.15) is 0 Å². The van der Waals surface area contributed by atoms with Gasteiger partial charge >= 0.3 is 6.18 Å². The van der Waals surface area contributed by atoms with Gasteiger partial charge in [0.15, 0.2) is 0 Å². The van der Waals surface area contributed by atoms with E-state index in [-0.39, 0.29) is 18.7 Å². The second-order valence-corrected chi connectivity index (χ2v) is 7.90. The predicted molar refractivity (Wildman–Crippen MR) is 96.3 cm³/mol. The van der Waals surface area contributed by atoms with E-state index >= 15 is 0 Å². The van der Waals surface area contributed by atoms with Crippen molar-refractivity contribution < 1.29 is 18.0 Å². The molecule has 1 saturated carbocycles. The summed E-state index contributed by atoms with van der Waals surface area (Å²) in [6.07, 6.45) is -2.00. The number of amides is 1. The smallest absolute Gasteiger partial charge is 0.330 e. The third-order valence-corrected chi connectivity index (χ3v) is 5.39. The molecule has 1 amide bonds. The van der Waals surface area contributed by atoms with Gasteiger partial charge in [-0.15, -0.1) is 0 Å². The molecule has 2 rings (SSSR count). The van der Waals surface area contributed by atoms with Crippen LogP contribution in [-0.2, 0) is 4.79 Å². The fraction of sp³-hybridized carbons (Fsp3) is 0.611. The molecule has 0 unspecified atom stereocenters. The van der Waals surface area contributed by atoms with Gasteiger partial charge in [-0.1, -0.05) is 35.3 Å². The maximum Gasteiger partial charge on any atom is 0.394 e. The molecule has 2 N–H and O–H groups in total. The van der Waals surface area contributed by atoms with E-state index in [0.29, 0.717) is 18.8 Å². The van der Waals surface area contributed by atoms with Crippen LogP contribution in [0.1, 0.15) is 39.0 Å². The number of anilines is 1. The maximum absolute atomic E-state index is 13.0. The number of hydrogen-bond acceptors (Lipinski definition) is 2. The summed E-state index contributed by atoms with van der Waals surface area (Å²) in [4.78, 5) is 14.5. The first-order valence-corrected chi connectivity index (χ1v) is 9.31. The highest BCUT2D eigenvalue weighted by molar-refractivity contribution is 9.10. The van der Waals surface area contributed by atoms with Crippen LogP contribution in [0.25, 0.3) is 0 Å². The first-order chi connectivity index (χ1) is 11.7. The summed E-state index contributed by atoms with van der Waals surface area (Å²) in [5, 5.41) is 0. The predicted octanol–water partition coefficient (Wildman–Crippen LogP) is 4.89. The normalized spacial score (nSPS) is 23.2. The molecule has 0 atom stereocenters. The molecule has 140 valence electrons. The molecule has 0 saturated heterocycles. The lowest BCUT2D eigenvalue weighted by molar-refractivity contribution is -0.253. The molecule has 1 aliphatic carbocycles. The second-order valence-electron chi connectivity index (χ2n) is 6.98. The fourth-order valence-corrected chi connectivity index (χ4v) is 3.64. The Hall–Kier alpha value is -1.08. The summed E-state index contributed by atoms with van der Waals surface area (Å²) in [5.41, 5.74) is 4.47. The standard InChI is InChI=1S/C18H24BrF3N2O/c1-17(18(20,21)22)11-13(12-17)16(25)24(9-4-2-3-8-23)15-7-5-6-14(19)10-15/h5-7,10,13H,2-4,8-9,11-12,23H2,1H3. The highest BCUT2D eigenvalue weighted by atomic mass is 79.9. The Morgan fingerprint density at radius 1 is 1.32 bits per heavy atom. The molecule has 25 heavy (non-hydrogen) atoms. The number of carbonyl (C=O) groups excluding carboxylic acids is 1. The second kappa shape index (κ2) is 8.08. The van der Waals surface area contributed by atoms with Crippen LogP contribution in [0.5, 0.6) is 0 Å². The van der Waals surface area contributed by atoms with Gasteiger partial charge in [-0.05, 0) is 50.4 Å². The third kappa shape index (κ3) is 4.76. The largest absolute Gasteiger partial charge is 0.394 e. The average molecular weight is 421 g/mol. The third-order valence-electron chi connectivity index (χ3n) is 4.90. The average Bonchev–Trinajstić information content (AvgIpc) is 2.50. The van der Waals surface area contributed by atoms with Crippen molar-refractivity contribution in [2.24, 2.45) is 17.1 Å². The van der Waals surface area contributed by atoms with Crippen LogP contribution >= 0.6 is 15.9 Å². The first-order valence-electron chi connectivity index (χ1n) is 8.52. The molecule has 1 aromatic carbocycles. The molecule has 1 aliphatic rings. The molecule has 0 radical (unpaired) electrons. The summed E-state index contributed by atoms with van der Waals surface area (Å²) < 4.78 is 40.0. The molecule has 0 aromatic heterocycles. The van der Waals surface area contributed by atoms with E-state index in [9.17, 15) is 18.0 Å². The summed E-state index contributed by atoms with van der Waals surface area (Å²) >= 11 is 3.38. The Balaban J connectivity index is 2.09. The van der Waals surface area contributed by atoms with E-state index in [0.717, 1.165) is 23.7 Å². The summed E-state index contributed by atoms with van der Waals surface area (Å²) in [6.45, 7) is 2.29. The van der Waals surface area contributed by atoms with Crippen molar-refractivity contribution in [2.45, 2.75) is 45.2 Å². The van der Waals surface area contributed by atoms with Crippen LogP contribution in [-0.4, -0.2) is 25.2 Å². The minimum Gasteiger partial charge on any atom is -0.330 e. The zero-order valence-electron chi connectivity index (χ0n) is 14.3. The zero-order valence-corrected chi connectivity index (χ0v) is 15.9. The molecule has 1 aromatic rings. The van der Waals surface area contributed by atoms with Gasteiger partial charge in [0.2, 0.25) is 5.91 Å². The van der Waals surface area contributed by atoms with Crippen molar-refractivity contribution >= 4 is 27.5 Å². The van der Waals surface area contributed by atoms with E-state index in [2.05, 4.69) is 15.9 Å². The van der Waals surface area contributed by atoms with E-state index in [1.165, 1.54) is 6.92 Å². The highest BCUT2D eigenvalue weighted by Crippen LogP contribution is 2.56. The summed E-state index contributed by atoms with van der Waals surface area (Å²) in [6, 6.07) is 7.31. The van der Waals surface area contributed by atoms with Crippen molar-refractivity contribution in [3.05, 3.63) is 28.7 Å². The van der Waals surface area contributed by atoms with Crippen molar-refractivity contribution in [2.75, 3.05) is 18.0 Å². The molecule has 0 heterocycles. The molecular formula is C18H24BrF3N2O. The lowest BCUT2D eigenvalue weighted by atomic mass is 9.62. The number of rotatable bonds is 7. The molecule has 0 aliphatic heterocycles. The van der Waals surface area contributed by atoms with E-state index in [1.54, 1.807) is 4.90 Å². The number of alkyl halides is 3. The molecule has 1 fully saturated rings. The lowest BCUT2D eigenvalue weighted by Crippen LogP contribution is -2.52. The zero-order chi connectivity index (χ0) is 18.7. The van der Waals surface area contributed by atoms with Crippen LogP contribution in [0.15, 0.2) is 28.7 Å². The number of nitrogens with zero attached hydrogens (tertiary/aromatic N) is 1. The van der Waals surface area contributed by atoms with Crippen LogP contribution in [0, 0.1) is 11.3 Å². The Morgan fingerprint density at radius 3 is 2.56 bits per heavy atom. The fourth-order valence-electron chi connectivity index (χ4n) is 3.26. The van der Waals surface area contributed by atoms with Gasteiger partial charge in [-0.25, -0.2) is 0 Å². The highest BCUT2D eigenvalue weighted by Gasteiger charge is 2.60. The van der Waals surface area contributed by atoms with Crippen LogP contribution < -0.4 is 10.6 Å². The minimum absolute atomic E-state index is 0.136. The van der Waals surface area contributed by atoms with Gasteiger partial charge in [0, 0.05) is 22.6 Å². The number of hydrogen-bond donors (Lipinski definition) is 1. The van der Waals surface area contributed by atoms with Crippen LogP contribution in [0.3, 0.4) is 0 Å². The summed E-state index contributed by atoms with van der Waals surface area (Å²) in [5.74, 6) is -0.785. The number of unbranched alkanes of at least 4 members (excludes halogenated alkanes) is 2. The Bertz CT molecular complexity index is 600. The molecule has 3 nitrogen and oxygen atoms in total. The van der Waals surface area contributed by atoms with Gasteiger partial charge in [0.25, 0.3) is 0 Å². The SMILES string of the molecule is CC1(C(F)(F)F)CC(C(=O)N(CCCCCN)c2cccc(Br)c2)C1. The van der Waals surface area contributed by atoms with Gasteiger partial charge < -0.3 is 10.6 Å². The monoisotopic (exact) mass is 420 g/mol. The number of nitrogens with two attached hydrogens (primary N) is 1. The van der Waals surface area contributed by atoms with Crippen LogP contribution in [0.2, 0.25) is 0 Å².